The smallest absolute Gasteiger partial charge is 0.276 e. The highest BCUT2D eigenvalue weighted by Gasteiger charge is 2.27. The number of carbonyl (C=O) groups excluding carboxylic acids is 2. The number of nitrogens with one attached hydrogen (secondary N) is 1. The van der Waals surface area contributed by atoms with Crippen molar-refractivity contribution in [3.63, 3.8) is 0 Å². The van der Waals surface area contributed by atoms with E-state index < -0.39 is 0 Å². The SMILES string of the molecule is CCOc1ccccc1C(=O)NC1CCN(C(=O)c2cn(-c3cccc(F)c3)nn2)CC1. The van der Waals surface area contributed by atoms with Crippen LogP contribution in [0.3, 0.4) is 0 Å². The molecule has 0 unspecified atom stereocenters. The van der Waals surface area contributed by atoms with Crippen molar-refractivity contribution in [3.8, 4) is 11.4 Å². The number of carbonyl (C=O) groups is 2. The molecule has 1 aliphatic heterocycles. The number of nitrogens with zero attached hydrogens (tertiary/aromatic N) is 4. The summed E-state index contributed by atoms with van der Waals surface area (Å²) < 4.78 is 20.3. The van der Waals surface area contributed by atoms with Crippen LogP contribution in [0.1, 0.15) is 40.6 Å². The summed E-state index contributed by atoms with van der Waals surface area (Å²) in [5.74, 6) is -0.253. The van der Waals surface area contributed by atoms with Crippen LogP contribution < -0.4 is 10.1 Å². The number of para-hydroxylation sites is 1. The minimum absolute atomic E-state index is 0.0378. The third-order valence-electron chi connectivity index (χ3n) is 5.33. The van der Waals surface area contributed by atoms with E-state index in [1.807, 2.05) is 13.0 Å². The summed E-state index contributed by atoms with van der Waals surface area (Å²) in [6.07, 6.45) is 2.76. The maximum Gasteiger partial charge on any atom is 0.276 e. The maximum atomic E-state index is 13.4. The van der Waals surface area contributed by atoms with Crippen molar-refractivity contribution in [2.45, 2.75) is 25.8 Å². The van der Waals surface area contributed by atoms with E-state index in [0.29, 0.717) is 49.5 Å². The van der Waals surface area contributed by atoms with Crippen LogP contribution >= 0.6 is 0 Å². The second kappa shape index (κ2) is 9.59. The highest BCUT2D eigenvalue weighted by Crippen LogP contribution is 2.20. The molecule has 1 aliphatic rings. The molecule has 32 heavy (non-hydrogen) atoms. The fourth-order valence-corrected chi connectivity index (χ4v) is 3.69. The minimum Gasteiger partial charge on any atom is -0.493 e. The molecule has 0 spiro atoms. The number of hydrogen-bond acceptors (Lipinski definition) is 5. The molecule has 166 valence electrons. The van der Waals surface area contributed by atoms with Gasteiger partial charge in [0.1, 0.15) is 11.6 Å². The van der Waals surface area contributed by atoms with Crippen molar-refractivity contribution in [1.82, 2.24) is 25.2 Å². The van der Waals surface area contributed by atoms with Crippen LogP contribution in [0.5, 0.6) is 5.75 Å². The number of rotatable bonds is 6. The van der Waals surface area contributed by atoms with Gasteiger partial charge in [-0.2, -0.15) is 0 Å². The first-order chi connectivity index (χ1) is 15.5. The standard InChI is InChI=1S/C23H24FN5O3/c1-2-32-21-9-4-3-8-19(21)22(30)25-17-10-12-28(13-11-17)23(31)20-15-29(27-26-20)18-7-5-6-16(24)14-18/h3-9,14-15,17H,2,10-13H2,1H3,(H,25,30). The Balaban J connectivity index is 1.34. The van der Waals surface area contributed by atoms with E-state index in [1.165, 1.54) is 23.0 Å². The molecule has 1 aromatic heterocycles. The van der Waals surface area contributed by atoms with Gasteiger partial charge in [0.2, 0.25) is 0 Å². The molecule has 0 radical (unpaired) electrons. The molecule has 0 bridgehead atoms. The van der Waals surface area contributed by atoms with Crippen molar-refractivity contribution in [2.24, 2.45) is 0 Å². The Morgan fingerprint density at radius 3 is 2.69 bits per heavy atom. The quantitative estimate of drug-likeness (QED) is 0.641. The largest absolute Gasteiger partial charge is 0.493 e. The molecule has 2 aromatic carbocycles. The molecular formula is C23H24FN5O3. The second-order valence-corrected chi connectivity index (χ2v) is 7.50. The van der Waals surface area contributed by atoms with Crippen molar-refractivity contribution >= 4 is 11.8 Å². The van der Waals surface area contributed by atoms with Gasteiger partial charge in [0.15, 0.2) is 5.69 Å². The molecule has 1 saturated heterocycles. The number of amides is 2. The zero-order chi connectivity index (χ0) is 22.5. The van der Waals surface area contributed by atoms with Crippen molar-refractivity contribution < 1.29 is 18.7 Å². The average molecular weight is 437 g/mol. The van der Waals surface area contributed by atoms with Gasteiger partial charge in [-0.05, 0) is 50.1 Å². The van der Waals surface area contributed by atoms with Gasteiger partial charge in [0.05, 0.1) is 24.1 Å². The first kappa shape index (κ1) is 21.5. The number of likely N-dealkylation sites (tertiary alicyclic amines) is 1. The molecule has 3 aromatic rings. The van der Waals surface area contributed by atoms with Gasteiger partial charge in [-0.15, -0.1) is 5.10 Å². The number of halogens is 1. The highest BCUT2D eigenvalue weighted by atomic mass is 19.1. The van der Waals surface area contributed by atoms with Gasteiger partial charge in [-0.1, -0.05) is 23.4 Å². The summed E-state index contributed by atoms with van der Waals surface area (Å²) in [7, 11) is 0. The van der Waals surface area contributed by atoms with Crippen molar-refractivity contribution in [2.75, 3.05) is 19.7 Å². The van der Waals surface area contributed by atoms with Crippen molar-refractivity contribution in [1.29, 1.82) is 0 Å². The monoisotopic (exact) mass is 437 g/mol. The van der Waals surface area contributed by atoms with Gasteiger partial charge in [0, 0.05) is 19.1 Å². The summed E-state index contributed by atoms with van der Waals surface area (Å²) in [5, 5.41) is 10.9. The zero-order valence-electron chi connectivity index (χ0n) is 17.7. The van der Waals surface area contributed by atoms with Crippen LogP contribution in [-0.2, 0) is 0 Å². The van der Waals surface area contributed by atoms with Gasteiger partial charge >= 0.3 is 0 Å². The molecule has 0 saturated carbocycles. The van der Waals surface area contributed by atoms with E-state index in [9.17, 15) is 14.0 Å². The van der Waals surface area contributed by atoms with E-state index in [2.05, 4.69) is 15.6 Å². The third-order valence-corrected chi connectivity index (χ3v) is 5.33. The molecule has 0 atom stereocenters. The molecule has 1 N–H and O–H groups in total. The highest BCUT2D eigenvalue weighted by molar-refractivity contribution is 5.97. The number of hydrogen-bond donors (Lipinski definition) is 1. The zero-order valence-corrected chi connectivity index (χ0v) is 17.7. The maximum absolute atomic E-state index is 13.4. The van der Waals surface area contributed by atoms with Crippen LogP contribution in [0.25, 0.3) is 5.69 Å². The van der Waals surface area contributed by atoms with Crippen LogP contribution in [0.2, 0.25) is 0 Å². The Morgan fingerprint density at radius 1 is 1.16 bits per heavy atom. The Morgan fingerprint density at radius 2 is 1.94 bits per heavy atom. The normalized spacial score (nSPS) is 14.2. The van der Waals surface area contributed by atoms with Crippen LogP contribution in [0.15, 0.2) is 54.7 Å². The van der Waals surface area contributed by atoms with Gasteiger partial charge in [-0.3, -0.25) is 9.59 Å². The van der Waals surface area contributed by atoms with Gasteiger partial charge < -0.3 is 15.0 Å². The molecule has 2 heterocycles. The summed E-state index contributed by atoms with van der Waals surface area (Å²) in [4.78, 5) is 27.2. The van der Waals surface area contributed by atoms with Crippen LogP contribution in [0.4, 0.5) is 4.39 Å². The predicted octanol–water partition coefficient (Wildman–Crippen LogP) is 2.84. The molecule has 8 nitrogen and oxygen atoms in total. The first-order valence-electron chi connectivity index (χ1n) is 10.6. The van der Waals surface area contributed by atoms with E-state index >= 15 is 0 Å². The number of aromatic nitrogens is 3. The van der Waals surface area contributed by atoms with Gasteiger partial charge in [0.25, 0.3) is 11.8 Å². The Kier molecular flexibility index (Phi) is 6.44. The Labute approximate surface area is 185 Å². The fraction of sp³-hybridized carbons (Fsp3) is 0.304. The summed E-state index contributed by atoms with van der Waals surface area (Å²) in [6, 6.07) is 13.0. The predicted molar refractivity (Wildman–Crippen MR) is 115 cm³/mol. The topological polar surface area (TPSA) is 89.4 Å². The number of piperidine rings is 1. The molecule has 0 aliphatic carbocycles. The van der Waals surface area contributed by atoms with Crippen molar-refractivity contribution in [3.05, 3.63) is 71.8 Å². The average Bonchev–Trinajstić information content (AvgIpc) is 3.30. The summed E-state index contributed by atoms with van der Waals surface area (Å²) in [5.41, 5.74) is 1.19. The lowest BCUT2D eigenvalue weighted by Gasteiger charge is -2.32. The second-order valence-electron chi connectivity index (χ2n) is 7.50. The Bertz CT molecular complexity index is 1110. The van der Waals surface area contributed by atoms with E-state index in [-0.39, 0.29) is 29.4 Å². The number of ether oxygens (including phenoxy) is 1. The van der Waals surface area contributed by atoms with Crippen LogP contribution in [-0.4, -0.2) is 57.4 Å². The van der Waals surface area contributed by atoms with Gasteiger partial charge in [-0.25, -0.2) is 9.07 Å². The third kappa shape index (κ3) is 4.77. The molecule has 1 fully saturated rings. The summed E-state index contributed by atoms with van der Waals surface area (Å²) in [6.45, 7) is 3.33. The Hall–Kier alpha value is -3.75. The molecule has 9 heteroatoms. The first-order valence-corrected chi connectivity index (χ1v) is 10.6. The van der Waals surface area contributed by atoms with E-state index in [4.69, 9.17) is 4.74 Å². The minimum atomic E-state index is -0.390. The molecule has 4 rings (SSSR count). The lowest BCUT2D eigenvalue weighted by Crippen LogP contribution is -2.46. The van der Waals surface area contributed by atoms with E-state index in [0.717, 1.165) is 0 Å². The molecular weight excluding hydrogens is 413 g/mol. The molecule has 2 amide bonds. The van der Waals surface area contributed by atoms with Crippen LogP contribution in [0, 0.1) is 5.82 Å². The lowest BCUT2D eigenvalue weighted by molar-refractivity contribution is 0.0692. The summed E-state index contributed by atoms with van der Waals surface area (Å²) >= 11 is 0. The lowest BCUT2D eigenvalue weighted by atomic mass is 10.0. The fourth-order valence-electron chi connectivity index (χ4n) is 3.69. The van der Waals surface area contributed by atoms with E-state index in [1.54, 1.807) is 35.2 Å². The number of benzene rings is 2.